The van der Waals surface area contributed by atoms with Crippen molar-refractivity contribution >= 4 is 29.4 Å². The van der Waals surface area contributed by atoms with Gasteiger partial charge in [-0.3, -0.25) is 9.20 Å². The summed E-state index contributed by atoms with van der Waals surface area (Å²) in [7, 11) is 0. The number of pyridine rings is 1. The molecule has 0 aromatic carbocycles. The summed E-state index contributed by atoms with van der Waals surface area (Å²) >= 11 is 1.50. The lowest BCUT2D eigenvalue weighted by Gasteiger charge is -2.16. The molecule has 1 amide bonds. The molecule has 6 heteroatoms. The van der Waals surface area contributed by atoms with Crippen molar-refractivity contribution in [2.45, 2.75) is 17.9 Å². The first-order valence-corrected chi connectivity index (χ1v) is 8.66. The van der Waals surface area contributed by atoms with E-state index in [0.29, 0.717) is 6.54 Å². The molecule has 2 aromatic rings. The lowest BCUT2D eigenvalue weighted by atomic mass is 10.1. The maximum Gasteiger partial charge on any atom is 0.258 e. The predicted octanol–water partition coefficient (Wildman–Crippen LogP) is 2.21. The normalized spacial score (nSPS) is 16.9. The molecule has 0 radical (unpaired) electrons. The predicted molar refractivity (Wildman–Crippen MR) is 92.2 cm³/mol. The van der Waals surface area contributed by atoms with Crippen LogP contribution in [-0.4, -0.2) is 34.9 Å². The van der Waals surface area contributed by atoms with E-state index in [2.05, 4.69) is 26.1 Å². The zero-order valence-corrected chi connectivity index (χ0v) is 13.5. The summed E-state index contributed by atoms with van der Waals surface area (Å²) in [6.07, 6.45) is 7.96. The van der Waals surface area contributed by atoms with Crippen LogP contribution in [0.5, 0.6) is 0 Å². The zero-order chi connectivity index (χ0) is 15.6. The van der Waals surface area contributed by atoms with E-state index in [1.165, 1.54) is 17.3 Å². The molecule has 0 saturated heterocycles. The van der Waals surface area contributed by atoms with E-state index in [9.17, 15) is 4.79 Å². The third kappa shape index (κ3) is 2.92. The van der Waals surface area contributed by atoms with E-state index in [1.54, 1.807) is 0 Å². The van der Waals surface area contributed by atoms with Crippen molar-refractivity contribution < 1.29 is 4.79 Å². The van der Waals surface area contributed by atoms with Gasteiger partial charge < -0.3 is 10.6 Å². The summed E-state index contributed by atoms with van der Waals surface area (Å²) in [5.41, 5.74) is 3.30. The quantitative estimate of drug-likeness (QED) is 0.846. The Hall–Kier alpha value is -2.05. The van der Waals surface area contributed by atoms with E-state index < -0.39 is 0 Å². The minimum Gasteiger partial charge on any atom is -0.351 e. The van der Waals surface area contributed by atoms with Gasteiger partial charge in [-0.25, -0.2) is 4.98 Å². The molecule has 4 rings (SSSR count). The molecule has 4 heterocycles. The van der Waals surface area contributed by atoms with Crippen molar-refractivity contribution in [3.05, 3.63) is 46.6 Å². The first-order chi connectivity index (χ1) is 11.3. The van der Waals surface area contributed by atoms with Gasteiger partial charge in [-0.15, -0.1) is 0 Å². The molecule has 0 spiro atoms. The summed E-state index contributed by atoms with van der Waals surface area (Å²) in [6.45, 7) is 2.67. The molecule has 0 saturated carbocycles. The number of rotatable bonds is 4. The number of carbonyl (C=O) groups excluding carboxylic acids is 1. The Bertz CT molecular complexity index is 821. The molecular formula is C17H18N4OS. The molecule has 118 valence electrons. The molecule has 5 nitrogen and oxygen atoms in total. The Kier molecular flexibility index (Phi) is 3.93. The first-order valence-electron chi connectivity index (χ1n) is 7.84. The number of nitrogens with zero attached hydrogens (tertiary/aromatic N) is 2. The second-order valence-electron chi connectivity index (χ2n) is 5.67. The van der Waals surface area contributed by atoms with Gasteiger partial charge in [-0.1, -0.05) is 29.5 Å². The molecule has 2 aliphatic heterocycles. The highest BCUT2D eigenvalue weighted by atomic mass is 32.2. The fourth-order valence-electron chi connectivity index (χ4n) is 2.92. The van der Waals surface area contributed by atoms with Crippen LogP contribution < -0.4 is 10.6 Å². The van der Waals surface area contributed by atoms with Crippen LogP contribution in [0, 0.1) is 0 Å². The maximum absolute atomic E-state index is 12.4. The number of amides is 1. The van der Waals surface area contributed by atoms with E-state index in [1.807, 2.05) is 30.5 Å². The number of hydrogen-bond acceptors (Lipinski definition) is 4. The second kappa shape index (κ2) is 6.22. The van der Waals surface area contributed by atoms with Gasteiger partial charge in [0, 0.05) is 13.1 Å². The number of hydrogen-bond donors (Lipinski definition) is 2. The molecule has 0 bridgehead atoms. The van der Waals surface area contributed by atoms with Crippen molar-refractivity contribution in [3.8, 4) is 0 Å². The lowest BCUT2D eigenvalue weighted by Crippen LogP contribution is -2.27. The Labute approximate surface area is 138 Å². The van der Waals surface area contributed by atoms with Gasteiger partial charge in [0.25, 0.3) is 5.91 Å². The van der Waals surface area contributed by atoms with Crippen LogP contribution in [0.1, 0.15) is 18.5 Å². The molecule has 0 fully saturated rings. The molecule has 23 heavy (non-hydrogen) atoms. The summed E-state index contributed by atoms with van der Waals surface area (Å²) < 4.78 is 2.07. The van der Waals surface area contributed by atoms with Gasteiger partial charge >= 0.3 is 0 Å². The van der Waals surface area contributed by atoms with Gasteiger partial charge in [0.2, 0.25) is 0 Å². The Morgan fingerprint density at radius 2 is 2.39 bits per heavy atom. The Morgan fingerprint density at radius 1 is 1.43 bits per heavy atom. The maximum atomic E-state index is 12.4. The first kappa shape index (κ1) is 14.5. The number of nitrogens with one attached hydrogen (secondary N) is 2. The van der Waals surface area contributed by atoms with Crippen molar-refractivity contribution in [3.63, 3.8) is 0 Å². The van der Waals surface area contributed by atoms with Crippen LogP contribution in [-0.2, 0) is 4.79 Å². The highest BCUT2D eigenvalue weighted by Gasteiger charge is 2.19. The number of carbonyl (C=O) groups is 1. The van der Waals surface area contributed by atoms with Crippen LogP contribution in [0.25, 0.3) is 11.7 Å². The SMILES string of the molecule is O=C(NCCC1=CCNCC1)C1=Cc2cnc3cccc(n23)S1. The van der Waals surface area contributed by atoms with Gasteiger partial charge in [0.15, 0.2) is 0 Å². The zero-order valence-electron chi connectivity index (χ0n) is 12.7. The van der Waals surface area contributed by atoms with Gasteiger partial charge in [-0.2, -0.15) is 0 Å². The van der Waals surface area contributed by atoms with Crippen LogP contribution in [0.3, 0.4) is 0 Å². The molecule has 0 unspecified atom stereocenters. The molecule has 2 N–H and O–H groups in total. The van der Waals surface area contributed by atoms with Gasteiger partial charge in [0.05, 0.1) is 21.8 Å². The van der Waals surface area contributed by atoms with Crippen molar-refractivity contribution in [2.75, 3.05) is 19.6 Å². The fraction of sp³-hybridized carbons (Fsp3) is 0.294. The lowest BCUT2D eigenvalue weighted by molar-refractivity contribution is -0.116. The van der Waals surface area contributed by atoms with Crippen molar-refractivity contribution in [1.29, 1.82) is 0 Å². The van der Waals surface area contributed by atoms with E-state index in [4.69, 9.17) is 0 Å². The van der Waals surface area contributed by atoms with E-state index in [-0.39, 0.29) is 5.91 Å². The number of aromatic nitrogens is 2. The minimum absolute atomic E-state index is 0.00557. The van der Waals surface area contributed by atoms with Crippen LogP contribution >= 0.6 is 11.8 Å². The fourth-order valence-corrected chi connectivity index (χ4v) is 3.93. The topological polar surface area (TPSA) is 58.4 Å². The van der Waals surface area contributed by atoms with Crippen molar-refractivity contribution in [1.82, 2.24) is 20.0 Å². The summed E-state index contributed by atoms with van der Waals surface area (Å²) in [5.74, 6) is -0.00557. The smallest absolute Gasteiger partial charge is 0.258 e. The van der Waals surface area contributed by atoms with E-state index in [0.717, 1.165) is 47.2 Å². The summed E-state index contributed by atoms with van der Waals surface area (Å²) in [4.78, 5) is 17.5. The average Bonchev–Trinajstić information content (AvgIpc) is 3.01. The third-order valence-corrected chi connectivity index (χ3v) is 5.18. The van der Waals surface area contributed by atoms with Gasteiger partial charge in [-0.05, 0) is 37.6 Å². The largest absolute Gasteiger partial charge is 0.351 e. The van der Waals surface area contributed by atoms with Crippen LogP contribution in [0.2, 0.25) is 0 Å². The summed E-state index contributed by atoms with van der Waals surface area (Å²) in [6, 6.07) is 5.96. The van der Waals surface area contributed by atoms with E-state index >= 15 is 0 Å². The average molecular weight is 326 g/mol. The number of imidazole rings is 1. The van der Waals surface area contributed by atoms with Crippen LogP contribution in [0.15, 0.2) is 46.0 Å². The second-order valence-corrected chi connectivity index (χ2v) is 6.74. The molecule has 0 atom stereocenters. The molecular weight excluding hydrogens is 308 g/mol. The minimum atomic E-state index is -0.00557. The van der Waals surface area contributed by atoms with Gasteiger partial charge in [0.1, 0.15) is 5.65 Å². The highest BCUT2D eigenvalue weighted by molar-refractivity contribution is 8.04. The molecule has 2 aromatic heterocycles. The van der Waals surface area contributed by atoms with Crippen LogP contribution in [0.4, 0.5) is 0 Å². The highest BCUT2D eigenvalue weighted by Crippen LogP contribution is 2.34. The monoisotopic (exact) mass is 326 g/mol. The Morgan fingerprint density at radius 3 is 3.26 bits per heavy atom. The molecule has 2 aliphatic rings. The number of thioether (sulfide) groups is 1. The molecule has 0 aliphatic carbocycles. The summed E-state index contributed by atoms with van der Waals surface area (Å²) in [5, 5.41) is 7.36. The standard InChI is InChI=1S/C17H18N4OS/c22-17(19-9-6-12-4-7-18-8-5-12)14-10-13-11-20-15-2-1-3-16(23-14)21(13)15/h1-4,10-11,18H,5-9H2,(H,19,22). The van der Waals surface area contributed by atoms with Crippen molar-refractivity contribution in [2.24, 2.45) is 0 Å². The Balaban J connectivity index is 1.43. The third-order valence-electron chi connectivity index (χ3n) is 4.13.